The van der Waals surface area contributed by atoms with Gasteiger partial charge in [0.2, 0.25) is 0 Å². The number of nitrogens with zero attached hydrogens (tertiary/aromatic N) is 1. The number of rotatable bonds is 2. The largest absolute Gasteiger partial charge is 0.366 e. The number of aryl methyl sites for hydroxylation is 1. The maximum absolute atomic E-state index is 4.29. The van der Waals surface area contributed by atoms with Crippen molar-refractivity contribution in [3.63, 3.8) is 0 Å². The quantitative estimate of drug-likeness (QED) is 0.744. The molecule has 0 bridgehead atoms. The van der Waals surface area contributed by atoms with Crippen molar-refractivity contribution in [2.75, 3.05) is 18.4 Å². The van der Waals surface area contributed by atoms with Gasteiger partial charge in [0.1, 0.15) is 5.82 Å². The van der Waals surface area contributed by atoms with Crippen LogP contribution in [0.2, 0.25) is 0 Å². The van der Waals surface area contributed by atoms with Crippen LogP contribution in [0, 0.1) is 6.92 Å². The Hall–Kier alpha value is -1.09. The molecule has 76 valence electrons. The fraction of sp³-hybridized carbons (Fsp3) is 0.545. The fourth-order valence-corrected chi connectivity index (χ4v) is 1.80. The van der Waals surface area contributed by atoms with Gasteiger partial charge in [-0.2, -0.15) is 0 Å². The third-order valence-electron chi connectivity index (χ3n) is 2.56. The Bertz CT molecular complexity index is 292. The van der Waals surface area contributed by atoms with E-state index in [0.717, 1.165) is 18.9 Å². The number of nitrogens with one attached hydrogen (secondary N) is 2. The highest BCUT2D eigenvalue weighted by molar-refractivity contribution is 5.38. The number of aromatic nitrogens is 1. The van der Waals surface area contributed by atoms with Gasteiger partial charge in [-0.1, -0.05) is 0 Å². The molecule has 0 aromatic carbocycles. The zero-order valence-corrected chi connectivity index (χ0v) is 8.59. The van der Waals surface area contributed by atoms with E-state index in [4.69, 9.17) is 0 Å². The zero-order valence-electron chi connectivity index (χ0n) is 8.59. The van der Waals surface area contributed by atoms with Crippen LogP contribution in [-0.2, 0) is 0 Å². The van der Waals surface area contributed by atoms with Crippen LogP contribution in [0.5, 0.6) is 0 Å². The second-order valence-corrected chi connectivity index (χ2v) is 3.91. The molecule has 0 radical (unpaired) electrons. The van der Waals surface area contributed by atoms with Crippen LogP contribution in [0.15, 0.2) is 18.3 Å². The molecule has 2 rings (SSSR count). The van der Waals surface area contributed by atoms with Crippen molar-refractivity contribution in [2.45, 2.75) is 25.8 Å². The standard InChI is InChI=1S/C11H17N3/c1-9-4-6-13-11(7-9)14-10-3-2-5-12-8-10/h4,6-7,10,12H,2-3,5,8H2,1H3,(H,13,14)/t10-/m0/s1. The van der Waals surface area contributed by atoms with Crippen molar-refractivity contribution in [1.29, 1.82) is 0 Å². The minimum absolute atomic E-state index is 0.540. The highest BCUT2D eigenvalue weighted by Gasteiger charge is 2.12. The maximum Gasteiger partial charge on any atom is 0.126 e. The summed E-state index contributed by atoms with van der Waals surface area (Å²) in [5, 5.41) is 6.83. The van der Waals surface area contributed by atoms with E-state index in [1.807, 2.05) is 12.3 Å². The van der Waals surface area contributed by atoms with Crippen molar-refractivity contribution in [2.24, 2.45) is 0 Å². The lowest BCUT2D eigenvalue weighted by Gasteiger charge is -2.24. The van der Waals surface area contributed by atoms with E-state index in [9.17, 15) is 0 Å². The molecular formula is C11H17N3. The Morgan fingerprint density at radius 2 is 2.50 bits per heavy atom. The molecule has 14 heavy (non-hydrogen) atoms. The molecule has 3 heteroatoms. The van der Waals surface area contributed by atoms with Crippen molar-refractivity contribution in [3.8, 4) is 0 Å². The summed E-state index contributed by atoms with van der Waals surface area (Å²) in [6.07, 6.45) is 4.35. The third-order valence-corrected chi connectivity index (χ3v) is 2.56. The smallest absolute Gasteiger partial charge is 0.126 e. The van der Waals surface area contributed by atoms with E-state index in [2.05, 4.69) is 28.6 Å². The Balaban J connectivity index is 1.95. The first-order chi connectivity index (χ1) is 6.84. The Morgan fingerprint density at radius 3 is 3.21 bits per heavy atom. The number of piperidine rings is 1. The fourth-order valence-electron chi connectivity index (χ4n) is 1.80. The van der Waals surface area contributed by atoms with Gasteiger partial charge in [-0.25, -0.2) is 4.98 Å². The molecule has 0 saturated carbocycles. The lowest BCUT2D eigenvalue weighted by atomic mass is 10.1. The molecule has 1 fully saturated rings. The van der Waals surface area contributed by atoms with Crippen molar-refractivity contribution in [3.05, 3.63) is 23.9 Å². The van der Waals surface area contributed by atoms with Crippen LogP contribution in [0.3, 0.4) is 0 Å². The maximum atomic E-state index is 4.29. The van der Waals surface area contributed by atoms with Gasteiger partial charge in [0, 0.05) is 18.8 Å². The molecule has 1 saturated heterocycles. The van der Waals surface area contributed by atoms with Gasteiger partial charge in [-0.3, -0.25) is 0 Å². The van der Waals surface area contributed by atoms with Crippen LogP contribution in [0.25, 0.3) is 0 Å². The number of pyridine rings is 1. The predicted molar refractivity (Wildman–Crippen MR) is 58.5 cm³/mol. The second kappa shape index (κ2) is 4.42. The summed E-state index contributed by atoms with van der Waals surface area (Å²) in [5.74, 6) is 0.999. The lowest BCUT2D eigenvalue weighted by molar-refractivity contribution is 0.479. The Labute approximate surface area is 84.9 Å². The molecule has 0 spiro atoms. The summed E-state index contributed by atoms with van der Waals surface area (Å²) >= 11 is 0. The molecule has 1 aliphatic heterocycles. The molecule has 2 N–H and O–H groups in total. The molecule has 1 aliphatic rings. The van der Waals surface area contributed by atoms with Gasteiger partial charge in [-0.15, -0.1) is 0 Å². The van der Waals surface area contributed by atoms with Gasteiger partial charge in [0.15, 0.2) is 0 Å². The monoisotopic (exact) mass is 191 g/mol. The first-order valence-electron chi connectivity index (χ1n) is 5.24. The molecule has 0 aliphatic carbocycles. The first-order valence-corrected chi connectivity index (χ1v) is 5.24. The minimum Gasteiger partial charge on any atom is -0.366 e. The van der Waals surface area contributed by atoms with Gasteiger partial charge in [0.25, 0.3) is 0 Å². The summed E-state index contributed by atoms with van der Waals surface area (Å²) in [6.45, 7) is 4.29. The second-order valence-electron chi connectivity index (χ2n) is 3.91. The normalized spacial score (nSPS) is 21.9. The van der Waals surface area contributed by atoms with E-state index in [1.165, 1.54) is 18.4 Å². The molecule has 0 unspecified atom stereocenters. The summed E-state index contributed by atoms with van der Waals surface area (Å²) in [5.41, 5.74) is 1.26. The molecule has 1 aromatic rings. The van der Waals surface area contributed by atoms with E-state index in [-0.39, 0.29) is 0 Å². The number of hydrogen-bond acceptors (Lipinski definition) is 3. The van der Waals surface area contributed by atoms with Gasteiger partial charge < -0.3 is 10.6 Å². The van der Waals surface area contributed by atoms with Gasteiger partial charge >= 0.3 is 0 Å². The van der Waals surface area contributed by atoms with Crippen molar-refractivity contribution >= 4 is 5.82 Å². The summed E-state index contributed by atoms with van der Waals surface area (Å²) in [7, 11) is 0. The summed E-state index contributed by atoms with van der Waals surface area (Å²) < 4.78 is 0. The molecule has 1 atom stereocenters. The first kappa shape index (κ1) is 9.46. The average molecular weight is 191 g/mol. The zero-order chi connectivity index (χ0) is 9.80. The topological polar surface area (TPSA) is 37.0 Å². The molecule has 1 aromatic heterocycles. The SMILES string of the molecule is Cc1ccnc(N[C@H]2CCCNC2)c1. The third kappa shape index (κ3) is 2.45. The van der Waals surface area contributed by atoms with E-state index in [0.29, 0.717) is 6.04 Å². The highest BCUT2D eigenvalue weighted by atomic mass is 15.1. The Morgan fingerprint density at radius 1 is 1.57 bits per heavy atom. The van der Waals surface area contributed by atoms with Crippen LogP contribution < -0.4 is 10.6 Å². The van der Waals surface area contributed by atoms with Crippen LogP contribution in [-0.4, -0.2) is 24.1 Å². The molecule has 0 amide bonds. The summed E-state index contributed by atoms with van der Waals surface area (Å²) in [6, 6.07) is 4.65. The van der Waals surface area contributed by atoms with Crippen molar-refractivity contribution in [1.82, 2.24) is 10.3 Å². The average Bonchev–Trinajstić information content (AvgIpc) is 2.19. The van der Waals surface area contributed by atoms with Crippen LogP contribution in [0.4, 0.5) is 5.82 Å². The number of anilines is 1. The van der Waals surface area contributed by atoms with Gasteiger partial charge in [-0.05, 0) is 44.0 Å². The Kier molecular flexibility index (Phi) is 2.99. The van der Waals surface area contributed by atoms with Gasteiger partial charge in [0.05, 0.1) is 0 Å². The molecule has 2 heterocycles. The van der Waals surface area contributed by atoms with Crippen LogP contribution in [0.1, 0.15) is 18.4 Å². The van der Waals surface area contributed by atoms with Crippen molar-refractivity contribution < 1.29 is 0 Å². The van der Waals surface area contributed by atoms with Crippen LogP contribution >= 0.6 is 0 Å². The lowest BCUT2D eigenvalue weighted by Crippen LogP contribution is -2.38. The molecular weight excluding hydrogens is 174 g/mol. The molecule has 3 nitrogen and oxygen atoms in total. The van der Waals surface area contributed by atoms with E-state index in [1.54, 1.807) is 0 Å². The highest BCUT2D eigenvalue weighted by Crippen LogP contribution is 2.10. The minimum atomic E-state index is 0.540. The van der Waals surface area contributed by atoms with E-state index < -0.39 is 0 Å². The predicted octanol–water partition coefficient (Wildman–Crippen LogP) is 1.55. The summed E-state index contributed by atoms with van der Waals surface area (Å²) in [4.78, 5) is 4.29. The number of hydrogen-bond donors (Lipinski definition) is 2. The van der Waals surface area contributed by atoms with E-state index >= 15 is 0 Å².